The summed E-state index contributed by atoms with van der Waals surface area (Å²) in [4.78, 5) is 11.6. The van der Waals surface area contributed by atoms with Crippen LogP contribution in [0.5, 0.6) is 5.75 Å². The van der Waals surface area contributed by atoms with E-state index in [1.165, 1.54) is 5.56 Å². The highest BCUT2D eigenvalue weighted by Gasteiger charge is 2.08. The molecular weight excluding hydrogens is 226 g/mol. The van der Waals surface area contributed by atoms with Gasteiger partial charge in [0.15, 0.2) is 6.61 Å². The van der Waals surface area contributed by atoms with Gasteiger partial charge >= 0.3 is 0 Å². The first-order valence-electron chi connectivity index (χ1n) is 6.70. The van der Waals surface area contributed by atoms with Crippen molar-refractivity contribution >= 4 is 5.91 Å². The van der Waals surface area contributed by atoms with E-state index in [1.807, 2.05) is 24.3 Å². The largest absolute Gasteiger partial charge is 0.484 e. The van der Waals surface area contributed by atoms with Crippen molar-refractivity contribution in [3.63, 3.8) is 0 Å². The van der Waals surface area contributed by atoms with Gasteiger partial charge in [-0.15, -0.1) is 0 Å². The Labute approximate surface area is 110 Å². The summed E-state index contributed by atoms with van der Waals surface area (Å²) in [5.41, 5.74) is 1.27. The molecule has 0 aromatic heterocycles. The highest BCUT2D eigenvalue weighted by Crippen LogP contribution is 2.12. The van der Waals surface area contributed by atoms with E-state index in [0.29, 0.717) is 0 Å². The number of amides is 1. The van der Waals surface area contributed by atoms with Gasteiger partial charge in [-0.05, 0) is 37.0 Å². The van der Waals surface area contributed by atoms with Gasteiger partial charge in [0.1, 0.15) is 5.75 Å². The Morgan fingerprint density at radius 2 is 1.78 bits per heavy atom. The molecule has 1 aromatic rings. The van der Waals surface area contributed by atoms with E-state index in [9.17, 15) is 4.79 Å². The fourth-order valence-corrected chi connectivity index (χ4v) is 1.73. The van der Waals surface area contributed by atoms with Crippen molar-refractivity contribution in [2.45, 2.75) is 46.1 Å². The average Bonchev–Trinajstić information content (AvgIpc) is 2.43. The molecule has 3 heteroatoms. The summed E-state index contributed by atoms with van der Waals surface area (Å²) in [5.74, 6) is 0.690. The molecule has 1 N–H and O–H groups in total. The van der Waals surface area contributed by atoms with Crippen molar-refractivity contribution < 1.29 is 9.53 Å². The van der Waals surface area contributed by atoms with Gasteiger partial charge in [-0.25, -0.2) is 0 Å². The molecule has 1 amide bonds. The third-order valence-electron chi connectivity index (χ3n) is 3.05. The van der Waals surface area contributed by atoms with Crippen LogP contribution in [0.2, 0.25) is 0 Å². The van der Waals surface area contributed by atoms with E-state index >= 15 is 0 Å². The first kappa shape index (κ1) is 14.6. The predicted octanol–water partition coefficient (Wildman–Crippen LogP) is 2.93. The quantitative estimate of drug-likeness (QED) is 0.807. The molecular formula is C15H23NO2. The summed E-state index contributed by atoms with van der Waals surface area (Å²) >= 11 is 0. The van der Waals surface area contributed by atoms with Crippen LogP contribution in [0, 0.1) is 0 Å². The third kappa shape index (κ3) is 4.78. The van der Waals surface area contributed by atoms with Gasteiger partial charge in [-0.2, -0.15) is 0 Å². The second kappa shape index (κ2) is 7.75. The Hall–Kier alpha value is -1.51. The Morgan fingerprint density at radius 1 is 1.17 bits per heavy atom. The molecule has 0 saturated heterocycles. The molecule has 18 heavy (non-hydrogen) atoms. The normalized spacial score (nSPS) is 10.4. The molecule has 0 radical (unpaired) electrons. The van der Waals surface area contributed by atoms with E-state index < -0.39 is 0 Å². The fraction of sp³-hybridized carbons (Fsp3) is 0.533. The van der Waals surface area contributed by atoms with Gasteiger partial charge in [0.25, 0.3) is 5.91 Å². The minimum Gasteiger partial charge on any atom is -0.484 e. The Bertz CT molecular complexity index is 355. The molecule has 0 aliphatic carbocycles. The number of aryl methyl sites for hydroxylation is 1. The maximum Gasteiger partial charge on any atom is 0.258 e. The summed E-state index contributed by atoms with van der Waals surface area (Å²) < 4.78 is 5.45. The standard InChI is InChI=1S/C15H23NO2/c1-4-12-7-9-14(10-8-12)18-11-15(17)16-13(5-2)6-3/h7-10,13H,4-6,11H2,1-3H3,(H,16,17). The molecule has 3 nitrogen and oxygen atoms in total. The average molecular weight is 249 g/mol. The van der Waals surface area contributed by atoms with Crippen molar-refractivity contribution in [1.82, 2.24) is 5.32 Å². The van der Waals surface area contributed by atoms with E-state index in [2.05, 4.69) is 26.1 Å². The molecule has 0 saturated carbocycles. The molecule has 1 rings (SSSR count). The number of benzene rings is 1. The second-order valence-corrected chi connectivity index (χ2v) is 4.37. The maximum absolute atomic E-state index is 11.6. The van der Waals surface area contributed by atoms with E-state index in [4.69, 9.17) is 4.74 Å². The fourth-order valence-electron chi connectivity index (χ4n) is 1.73. The van der Waals surface area contributed by atoms with Crippen molar-refractivity contribution in [3.8, 4) is 5.75 Å². The Morgan fingerprint density at radius 3 is 2.28 bits per heavy atom. The van der Waals surface area contributed by atoms with Crippen LogP contribution < -0.4 is 10.1 Å². The summed E-state index contributed by atoms with van der Waals surface area (Å²) in [7, 11) is 0. The molecule has 1 aromatic carbocycles. The van der Waals surface area contributed by atoms with Gasteiger partial charge < -0.3 is 10.1 Å². The number of nitrogens with one attached hydrogen (secondary N) is 1. The van der Waals surface area contributed by atoms with E-state index in [-0.39, 0.29) is 18.6 Å². The van der Waals surface area contributed by atoms with Gasteiger partial charge in [0.05, 0.1) is 0 Å². The SMILES string of the molecule is CCc1ccc(OCC(=O)NC(CC)CC)cc1. The van der Waals surface area contributed by atoms with Crippen LogP contribution in [0.25, 0.3) is 0 Å². The molecule has 0 aliphatic heterocycles. The topological polar surface area (TPSA) is 38.3 Å². The zero-order valence-corrected chi connectivity index (χ0v) is 11.5. The number of carbonyl (C=O) groups is 1. The number of hydrogen-bond acceptors (Lipinski definition) is 2. The third-order valence-corrected chi connectivity index (χ3v) is 3.05. The monoisotopic (exact) mass is 249 g/mol. The molecule has 0 unspecified atom stereocenters. The maximum atomic E-state index is 11.6. The van der Waals surface area contributed by atoms with Crippen molar-refractivity contribution in [1.29, 1.82) is 0 Å². The minimum atomic E-state index is -0.0525. The molecule has 0 aliphatic rings. The summed E-state index contributed by atoms with van der Waals surface area (Å²) in [5, 5.41) is 2.95. The van der Waals surface area contributed by atoms with Crippen LogP contribution in [0.4, 0.5) is 0 Å². The summed E-state index contributed by atoms with van der Waals surface area (Å²) in [6.45, 7) is 6.33. The molecule has 0 heterocycles. The molecule has 0 fully saturated rings. The lowest BCUT2D eigenvalue weighted by atomic mass is 10.2. The molecule has 0 atom stereocenters. The lowest BCUT2D eigenvalue weighted by Gasteiger charge is -2.15. The van der Waals surface area contributed by atoms with Gasteiger partial charge in [0, 0.05) is 6.04 Å². The lowest BCUT2D eigenvalue weighted by molar-refractivity contribution is -0.123. The van der Waals surface area contributed by atoms with Crippen molar-refractivity contribution in [2.75, 3.05) is 6.61 Å². The number of rotatable bonds is 7. The molecule has 100 valence electrons. The lowest BCUT2D eigenvalue weighted by Crippen LogP contribution is -2.37. The zero-order chi connectivity index (χ0) is 13.4. The van der Waals surface area contributed by atoms with Crippen molar-refractivity contribution in [3.05, 3.63) is 29.8 Å². The minimum absolute atomic E-state index is 0.0525. The number of carbonyl (C=O) groups excluding carboxylic acids is 1. The van der Waals surface area contributed by atoms with Crippen LogP contribution in [-0.2, 0) is 11.2 Å². The van der Waals surface area contributed by atoms with Gasteiger partial charge in [-0.3, -0.25) is 4.79 Å². The zero-order valence-electron chi connectivity index (χ0n) is 11.5. The number of hydrogen-bond donors (Lipinski definition) is 1. The van der Waals surface area contributed by atoms with Crippen LogP contribution in [0.3, 0.4) is 0 Å². The molecule has 0 bridgehead atoms. The molecule has 0 spiro atoms. The predicted molar refractivity (Wildman–Crippen MR) is 73.8 cm³/mol. The number of ether oxygens (including phenoxy) is 1. The highest BCUT2D eigenvalue weighted by atomic mass is 16.5. The van der Waals surface area contributed by atoms with Crippen LogP contribution in [0.15, 0.2) is 24.3 Å². The second-order valence-electron chi connectivity index (χ2n) is 4.37. The Balaban J connectivity index is 2.37. The first-order valence-corrected chi connectivity index (χ1v) is 6.70. The van der Waals surface area contributed by atoms with E-state index in [0.717, 1.165) is 25.0 Å². The van der Waals surface area contributed by atoms with Crippen molar-refractivity contribution in [2.24, 2.45) is 0 Å². The van der Waals surface area contributed by atoms with Gasteiger partial charge in [0.2, 0.25) is 0 Å². The summed E-state index contributed by atoms with van der Waals surface area (Å²) in [6.07, 6.45) is 2.91. The highest BCUT2D eigenvalue weighted by molar-refractivity contribution is 5.77. The first-order chi connectivity index (χ1) is 8.69. The Kier molecular flexibility index (Phi) is 6.26. The van der Waals surface area contributed by atoms with Gasteiger partial charge in [-0.1, -0.05) is 32.9 Å². The van der Waals surface area contributed by atoms with E-state index in [1.54, 1.807) is 0 Å². The summed E-state index contributed by atoms with van der Waals surface area (Å²) in [6, 6.07) is 8.11. The smallest absolute Gasteiger partial charge is 0.258 e. The van der Waals surface area contributed by atoms with Crippen LogP contribution in [-0.4, -0.2) is 18.6 Å². The van der Waals surface area contributed by atoms with Crippen LogP contribution >= 0.6 is 0 Å². The van der Waals surface area contributed by atoms with Crippen LogP contribution in [0.1, 0.15) is 39.2 Å².